The number of carbonyl (C=O) groups excluding carboxylic acids is 1. The second-order valence-electron chi connectivity index (χ2n) is 5.31. The first-order chi connectivity index (χ1) is 10.0. The van der Waals surface area contributed by atoms with Crippen LogP contribution in [0, 0.1) is 0 Å². The van der Waals surface area contributed by atoms with Crippen molar-refractivity contribution in [1.82, 2.24) is 19.9 Å². The molecule has 2 aromatic rings. The van der Waals surface area contributed by atoms with Crippen molar-refractivity contribution in [2.75, 3.05) is 0 Å². The molecule has 0 spiro atoms. The highest BCUT2D eigenvalue weighted by atomic mass is 35.5. The Balaban J connectivity index is 0.00000242. The molecule has 1 unspecified atom stereocenters. The quantitative estimate of drug-likeness (QED) is 0.849. The number of nitrogens with one attached hydrogen (secondary N) is 1. The summed E-state index contributed by atoms with van der Waals surface area (Å²) < 4.78 is 1.81. The van der Waals surface area contributed by atoms with E-state index in [0.29, 0.717) is 13.0 Å². The Kier molecular flexibility index (Phi) is 6.52. The van der Waals surface area contributed by atoms with Gasteiger partial charge >= 0.3 is 0 Å². The minimum absolute atomic E-state index is 0. The molecule has 0 radical (unpaired) electrons. The third kappa shape index (κ3) is 4.29. The minimum Gasteiger partial charge on any atom is -0.350 e. The van der Waals surface area contributed by atoms with Crippen molar-refractivity contribution < 1.29 is 4.79 Å². The third-order valence-electron chi connectivity index (χ3n) is 3.34. The maximum absolute atomic E-state index is 12.2. The zero-order valence-electron chi connectivity index (χ0n) is 12.8. The number of rotatable bonds is 6. The molecule has 3 N–H and O–H groups in total. The largest absolute Gasteiger partial charge is 0.350 e. The number of hydrogen-bond donors (Lipinski definition) is 2. The molecule has 0 aromatic carbocycles. The summed E-state index contributed by atoms with van der Waals surface area (Å²) in [4.78, 5) is 20.5. The average Bonchev–Trinajstić information content (AvgIpc) is 2.99. The van der Waals surface area contributed by atoms with Gasteiger partial charge in [0.05, 0.1) is 5.54 Å². The van der Waals surface area contributed by atoms with Crippen LogP contribution < -0.4 is 11.1 Å². The molecule has 0 aliphatic heterocycles. The molecule has 0 saturated heterocycles. The smallest absolute Gasteiger partial charge is 0.240 e. The number of imidazole rings is 1. The zero-order valence-corrected chi connectivity index (χ0v) is 13.6. The van der Waals surface area contributed by atoms with Gasteiger partial charge < -0.3 is 11.1 Å². The molecule has 0 saturated carbocycles. The van der Waals surface area contributed by atoms with E-state index < -0.39 is 5.54 Å². The van der Waals surface area contributed by atoms with Crippen LogP contribution in [0.1, 0.15) is 32.3 Å². The summed E-state index contributed by atoms with van der Waals surface area (Å²) in [7, 11) is 0. The highest BCUT2D eigenvalue weighted by Gasteiger charge is 2.26. The Morgan fingerprint density at radius 2 is 2.23 bits per heavy atom. The van der Waals surface area contributed by atoms with Crippen molar-refractivity contribution in [3.8, 4) is 5.82 Å². The summed E-state index contributed by atoms with van der Waals surface area (Å²) >= 11 is 0. The normalized spacial score (nSPS) is 13.0. The number of nitrogens with two attached hydrogens (primary N) is 1. The van der Waals surface area contributed by atoms with Gasteiger partial charge in [-0.15, -0.1) is 12.4 Å². The summed E-state index contributed by atoms with van der Waals surface area (Å²) in [6.07, 6.45) is 8.42. The predicted molar refractivity (Wildman–Crippen MR) is 88.0 cm³/mol. The Bertz CT molecular complexity index is 598. The average molecular weight is 324 g/mol. The van der Waals surface area contributed by atoms with Gasteiger partial charge in [-0.05, 0) is 19.4 Å². The zero-order chi connectivity index (χ0) is 15.3. The second kappa shape index (κ2) is 7.91. The van der Waals surface area contributed by atoms with Crippen LogP contribution >= 0.6 is 12.4 Å². The summed E-state index contributed by atoms with van der Waals surface area (Å²) in [5, 5.41) is 2.89. The van der Waals surface area contributed by atoms with Crippen LogP contribution in [0.4, 0.5) is 0 Å². The van der Waals surface area contributed by atoms with Gasteiger partial charge in [0, 0.05) is 30.7 Å². The predicted octanol–water partition coefficient (Wildman–Crippen LogP) is 1.82. The molecule has 6 nitrogen and oxygen atoms in total. The summed E-state index contributed by atoms with van der Waals surface area (Å²) in [5.74, 6) is 0.606. The first-order valence-electron chi connectivity index (χ1n) is 7.04. The number of pyridine rings is 1. The van der Waals surface area contributed by atoms with E-state index in [0.717, 1.165) is 17.8 Å². The van der Waals surface area contributed by atoms with Crippen molar-refractivity contribution in [2.45, 2.75) is 38.8 Å². The first-order valence-corrected chi connectivity index (χ1v) is 7.04. The summed E-state index contributed by atoms with van der Waals surface area (Å²) in [6, 6.07) is 3.77. The molecule has 2 heterocycles. The number of carbonyl (C=O) groups is 1. The lowest BCUT2D eigenvalue weighted by Crippen LogP contribution is -2.51. The van der Waals surface area contributed by atoms with Crippen molar-refractivity contribution >= 4 is 18.3 Å². The fourth-order valence-electron chi connectivity index (χ4n) is 2.20. The Morgan fingerprint density at radius 3 is 2.86 bits per heavy atom. The molecule has 0 bridgehead atoms. The van der Waals surface area contributed by atoms with E-state index in [1.54, 1.807) is 25.6 Å². The molecule has 2 rings (SSSR count). The number of halogens is 1. The van der Waals surface area contributed by atoms with E-state index in [2.05, 4.69) is 15.3 Å². The molecule has 0 aliphatic carbocycles. The summed E-state index contributed by atoms with van der Waals surface area (Å²) in [5.41, 5.74) is 6.10. The molecule has 2 aromatic heterocycles. The third-order valence-corrected chi connectivity index (χ3v) is 3.34. The lowest BCUT2D eigenvalue weighted by atomic mass is 9.96. The van der Waals surface area contributed by atoms with Gasteiger partial charge in [0.1, 0.15) is 12.1 Å². The fraction of sp³-hybridized carbons (Fsp3) is 0.400. The van der Waals surface area contributed by atoms with Gasteiger partial charge in [0.2, 0.25) is 5.91 Å². The molecule has 22 heavy (non-hydrogen) atoms. The molecular weight excluding hydrogens is 302 g/mol. The van der Waals surface area contributed by atoms with Gasteiger partial charge in [-0.2, -0.15) is 0 Å². The van der Waals surface area contributed by atoms with Gasteiger partial charge in [0.25, 0.3) is 0 Å². The number of nitrogens with zero attached hydrogens (tertiary/aromatic N) is 3. The maximum Gasteiger partial charge on any atom is 0.240 e. The maximum atomic E-state index is 12.2. The van der Waals surface area contributed by atoms with E-state index in [9.17, 15) is 4.79 Å². The van der Waals surface area contributed by atoms with Crippen LogP contribution in [0.5, 0.6) is 0 Å². The lowest BCUT2D eigenvalue weighted by molar-refractivity contribution is -0.126. The molecule has 120 valence electrons. The van der Waals surface area contributed by atoms with Crippen LogP contribution in [0.25, 0.3) is 5.82 Å². The van der Waals surface area contributed by atoms with Crippen LogP contribution in [0.3, 0.4) is 0 Å². The molecule has 0 aliphatic rings. The van der Waals surface area contributed by atoms with Gasteiger partial charge in [-0.25, -0.2) is 9.97 Å². The Morgan fingerprint density at radius 1 is 1.45 bits per heavy atom. The standard InChI is InChI=1S/C15H21N5O.ClH/c1-3-6-15(2,16)14(21)19-10-12-5-4-7-18-13(12)20-9-8-17-11-20;/h4-5,7-9,11H,3,6,10,16H2,1-2H3,(H,19,21);1H. The fourth-order valence-corrected chi connectivity index (χ4v) is 2.20. The molecule has 0 fully saturated rings. The second-order valence-corrected chi connectivity index (χ2v) is 5.31. The molecule has 1 amide bonds. The van der Waals surface area contributed by atoms with E-state index >= 15 is 0 Å². The summed E-state index contributed by atoms with van der Waals surface area (Å²) in [6.45, 7) is 4.15. The van der Waals surface area contributed by atoms with E-state index in [4.69, 9.17) is 5.73 Å². The SMILES string of the molecule is CCCC(C)(N)C(=O)NCc1cccnc1-n1ccnc1.Cl. The van der Waals surface area contributed by atoms with Gasteiger partial charge in [-0.3, -0.25) is 9.36 Å². The molecule has 7 heteroatoms. The van der Waals surface area contributed by atoms with E-state index in [1.807, 2.05) is 29.8 Å². The van der Waals surface area contributed by atoms with Crippen LogP contribution in [-0.4, -0.2) is 26.0 Å². The Labute approximate surface area is 136 Å². The number of hydrogen-bond acceptors (Lipinski definition) is 4. The van der Waals surface area contributed by atoms with Crippen molar-refractivity contribution in [2.24, 2.45) is 5.73 Å². The minimum atomic E-state index is -0.841. The first kappa shape index (κ1) is 18.1. The van der Waals surface area contributed by atoms with E-state index in [1.165, 1.54) is 0 Å². The van der Waals surface area contributed by atoms with Crippen molar-refractivity contribution in [1.29, 1.82) is 0 Å². The molecular formula is C15H22ClN5O. The van der Waals surface area contributed by atoms with Crippen LogP contribution in [0.15, 0.2) is 37.1 Å². The lowest BCUT2D eigenvalue weighted by Gasteiger charge is -2.23. The number of aromatic nitrogens is 3. The Hall–Kier alpha value is -1.92. The topological polar surface area (TPSA) is 85.8 Å². The molecule has 1 atom stereocenters. The highest BCUT2D eigenvalue weighted by Crippen LogP contribution is 2.12. The van der Waals surface area contributed by atoms with Gasteiger partial charge in [-0.1, -0.05) is 19.4 Å². The highest BCUT2D eigenvalue weighted by molar-refractivity contribution is 5.85. The van der Waals surface area contributed by atoms with E-state index in [-0.39, 0.29) is 18.3 Å². The monoisotopic (exact) mass is 323 g/mol. The van der Waals surface area contributed by atoms with Crippen molar-refractivity contribution in [3.63, 3.8) is 0 Å². The van der Waals surface area contributed by atoms with Crippen LogP contribution in [-0.2, 0) is 11.3 Å². The van der Waals surface area contributed by atoms with Crippen LogP contribution in [0.2, 0.25) is 0 Å². The van der Waals surface area contributed by atoms with Crippen molar-refractivity contribution in [3.05, 3.63) is 42.6 Å². The van der Waals surface area contributed by atoms with Gasteiger partial charge in [0.15, 0.2) is 0 Å². The number of amides is 1.